The van der Waals surface area contributed by atoms with Crippen molar-refractivity contribution in [2.24, 2.45) is 5.10 Å². The summed E-state index contributed by atoms with van der Waals surface area (Å²) in [6.07, 6.45) is 1.55. The molecule has 0 aliphatic carbocycles. The summed E-state index contributed by atoms with van der Waals surface area (Å²) >= 11 is 0. The lowest BCUT2D eigenvalue weighted by Gasteiger charge is -2.14. The Bertz CT molecular complexity index is 1380. The van der Waals surface area contributed by atoms with Gasteiger partial charge in [-0.2, -0.15) is 5.10 Å². The van der Waals surface area contributed by atoms with Gasteiger partial charge in [0.05, 0.1) is 32.6 Å². The van der Waals surface area contributed by atoms with Crippen molar-refractivity contribution < 1.29 is 23.7 Å². The van der Waals surface area contributed by atoms with Crippen molar-refractivity contribution in [3.63, 3.8) is 0 Å². The van der Waals surface area contributed by atoms with E-state index in [2.05, 4.69) is 34.8 Å². The number of benzene rings is 4. The highest BCUT2D eigenvalue weighted by atomic mass is 16.5. The van der Waals surface area contributed by atoms with Crippen LogP contribution in [0.25, 0.3) is 10.8 Å². The number of hydrazone groups is 1. The van der Waals surface area contributed by atoms with Gasteiger partial charge in [-0.15, -0.1) is 0 Å². The minimum Gasteiger partial charge on any atom is -0.497 e. The van der Waals surface area contributed by atoms with E-state index in [-0.39, 0.29) is 0 Å². The van der Waals surface area contributed by atoms with E-state index in [0.29, 0.717) is 41.8 Å². The fourth-order valence-electron chi connectivity index (χ4n) is 3.78. The SMILES string of the molecule is CCOc1cc(/C=N\NC(=O)c2ccc(OC)cc2OC)ccc1OCc1cccc2ccccc12. The van der Waals surface area contributed by atoms with Crippen LogP contribution >= 0.6 is 0 Å². The Kier molecular flexibility index (Phi) is 8.03. The molecule has 4 aromatic rings. The van der Waals surface area contributed by atoms with Crippen LogP contribution in [-0.4, -0.2) is 32.9 Å². The first-order valence-electron chi connectivity index (χ1n) is 11.5. The molecule has 0 aliphatic rings. The second-order valence-corrected chi connectivity index (χ2v) is 7.83. The van der Waals surface area contributed by atoms with Crippen molar-refractivity contribution in [2.45, 2.75) is 13.5 Å². The van der Waals surface area contributed by atoms with Crippen LogP contribution in [-0.2, 0) is 6.61 Å². The second kappa shape index (κ2) is 11.8. The maximum atomic E-state index is 12.6. The zero-order valence-electron chi connectivity index (χ0n) is 20.5. The van der Waals surface area contributed by atoms with E-state index < -0.39 is 5.91 Å². The Morgan fingerprint density at radius 3 is 2.50 bits per heavy atom. The highest BCUT2D eigenvalue weighted by molar-refractivity contribution is 5.97. The van der Waals surface area contributed by atoms with Crippen molar-refractivity contribution in [1.29, 1.82) is 0 Å². The Labute approximate surface area is 210 Å². The predicted octanol–water partition coefficient (Wildman–Crippen LogP) is 5.60. The molecule has 0 bridgehead atoms. The molecule has 0 saturated heterocycles. The minimum atomic E-state index is -0.397. The molecule has 0 radical (unpaired) electrons. The van der Waals surface area contributed by atoms with Gasteiger partial charge in [-0.25, -0.2) is 5.43 Å². The topological polar surface area (TPSA) is 78.4 Å². The molecule has 36 heavy (non-hydrogen) atoms. The van der Waals surface area contributed by atoms with Crippen LogP contribution in [0.2, 0.25) is 0 Å². The first-order chi connectivity index (χ1) is 17.6. The molecular formula is C29H28N2O5. The monoisotopic (exact) mass is 484 g/mol. The summed E-state index contributed by atoms with van der Waals surface area (Å²) in [6.45, 7) is 2.81. The summed E-state index contributed by atoms with van der Waals surface area (Å²) in [5.74, 6) is 1.83. The maximum absolute atomic E-state index is 12.6. The van der Waals surface area contributed by atoms with Crippen molar-refractivity contribution in [1.82, 2.24) is 5.43 Å². The van der Waals surface area contributed by atoms with Crippen molar-refractivity contribution in [2.75, 3.05) is 20.8 Å². The number of nitrogens with zero attached hydrogens (tertiary/aromatic N) is 1. The highest BCUT2D eigenvalue weighted by Crippen LogP contribution is 2.30. The average molecular weight is 485 g/mol. The van der Waals surface area contributed by atoms with Gasteiger partial charge in [0, 0.05) is 6.07 Å². The number of nitrogens with one attached hydrogen (secondary N) is 1. The van der Waals surface area contributed by atoms with Crippen LogP contribution in [0.4, 0.5) is 0 Å². The van der Waals surface area contributed by atoms with Crippen molar-refractivity contribution >= 4 is 22.9 Å². The summed E-state index contributed by atoms with van der Waals surface area (Å²) < 4.78 is 22.4. The van der Waals surface area contributed by atoms with Crippen molar-refractivity contribution in [3.05, 3.63) is 95.6 Å². The van der Waals surface area contributed by atoms with Gasteiger partial charge < -0.3 is 18.9 Å². The summed E-state index contributed by atoms with van der Waals surface area (Å²) in [5.41, 5.74) is 4.72. The molecule has 0 heterocycles. The number of amides is 1. The summed E-state index contributed by atoms with van der Waals surface area (Å²) in [7, 11) is 3.04. The Morgan fingerprint density at radius 2 is 1.69 bits per heavy atom. The standard InChI is InChI=1S/C29H28N2O5/c1-4-35-28-16-20(18-30-31-29(32)25-14-13-23(33-2)17-27(25)34-3)12-15-26(28)36-19-22-10-7-9-21-8-5-6-11-24(21)22/h5-18H,4,19H2,1-3H3,(H,31,32)/b30-18-. The number of ether oxygens (including phenoxy) is 4. The van der Waals surface area contributed by atoms with E-state index in [1.54, 1.807) is 31.5 Å². The van der Waals surface area contributed by atoms with Gasteiger partial charge in [0.25, 0.3) is 5.91 Å². The van der Waals surface area contributed by atoms with Crippen LogP contribution in [0.3, 0.4) is 0 Å². The number of carbonyl (C=O) groups excluding carboxylic acids is 1. The maximum Gasteiger partial charge on any atom is 0.275 e. The lowest BCUT2D eigenvalue weighted by Crippen LogP contribution is -2.18. The van der Waals surface area contributed by atoms with E-state index in [0.717, 1.165) is 16.5 Å². The largest absolute Gasteiger partial charge is 0.497 e. The smallest absolute Gasteiger partial charge is 0.275 e. The van der Waals surface area contributed by atoms with Crippen LogP contribution in [0, 0.1) is 0 Å². The molecule has 7 heteroatoms. The lowest BCUT2D eigenvalue weighted by molar-refractivity contribution is 0.0952. The Hall–Kier alpha value is -4.52. The third-order valence-electron chi connectivity index (χ3n) is 5.56. The fraction of sp³-hybridized carbons (Fsp3) is 0.172. The van der Waals surface area contributed by atoms with Crippen LogP contribution < -0.4 is 24.4 Å². The first-order valence-corrected chi connectivity index (χ1v) is 11.5. The quantitative estimate of drug-likeness (QED) is 0.234. The van der Waals surface area contributed by atoms with E-state index in [4.69, 9.17) is 18.9 Å². The molecule has 4 aromatic carbocycles. The molecule has 4 rings (SSSR count). The molecular weight excluding hydrogens is 456 g/mol. The average Bonchev–Trinajstić information content (AvgIpc) is 2.92. The highest BCUT2D eigenvalue weighted by Gasteiger charge is 2.13. The van der Waals surface area contributed by atoms with E-state index in [9.17, 15) is 4.79 Å². The summed E-state index contributed by atoms with van der Waals surface area (Å²) in [5, 5.41) is 6.42. The number of hydrogen-bond acceptors (Lipinski definition) is 6. The molecule has 184 valence electrons. The minimum absolute atomic E-state index is 0.350. The molecule has 7 nitrogen and oxygen atoms in total. The van der Waals surface area contributed by atoms with Gasteiger partial charge in [-0.05, 0) is 59.2 Å². The zero-order valence-corrected chi connectivity index (χ0v) is 20.5. The number of rotatable bonds is 10. The molecule has 0 saturated carbocycles. The molecule has 0 aromatic heterocycles. The first kappa shape index (κ1) is 24.6. The molecule has 0 unspecified atom stereocenters. The molecule has 1 amide bonds. The number of fused-ring (bicyclic) bond motifs is 1. The number of methoxy groups -OCH3 is 2. The summed E-state index contributed by atoms with van der Waals surface area (Å²) in [6, 6.07) is 24.9. The zero-order chi connectivity index (χ0) is 25.3. The lowest BCUT2D eigenvalue weighted by atomic mass is 10.1. The predicted molar refractivity (Wildman–Crippen MR) is 140 cm³/mol. The summed E-state index contributed by atoms with van der Waals surface area (Å²) in [4.78, 5) is 12.6. The van der Waals surface area contributed by atoms with Crippen LogP contribution in [0.1, 0.15) is 28.4 Å². The second-order valence-electron chi connectivity index (χ2n) is 7.83. The molecule has 0 spiro atoms. The molecule has 1 N–H and O–H groups in total. The Morgan fingerprint density at radius 1 is 0.861 bits per heavy atom. The normalized spacial score (nSPS) is 10.9. The van der Waals surface area contributed by atoms with Gasteiger partial charge in [0.2, 0.25) is 0 Å². The third-order valence-corrected chi connectivity index (χ3v) is 5.56. The van der Waals surface area contributed by atoms with Gasteiger partial charge in [-0.1, -0.05) is 42.5 Å². The fourth-order valence-corrected chi connectivity index (χ4v) is 3.78. The van der Waals surface area contributed by atoms with E-state index in [1.807, 2.05) is 43.3 Å². The van der Waals surface area contributed by atoms with Crippen LogP contribution in [0.5, 0.6) is 23.0 Å². The van der Waals surface area contributed by atoms with E-state index >= 15 is 0 Å². The number of carbonyl (C=O) groups is 1. The molecule has 0 atom stereocenters. The third kappa shape index (κ3) is 5.75. The molecule has 0 fully saturated rings. The van der Waals surface area contributed by atoms with Gasteiger partial charge in [0.15, 0.2) is 11.5 Å². The van der Waals surface area contributed by atoms with Gasteiger partial charge in [-0.3, -0.25) is 4.79 Å². The van der Waals surface area contributed by atoms with Crippen molar-refractivity contribution in [3.8, 4) is 23.0 Å². The van der Waals surface area contributed by atoms with Crippen LogP contribution in [0.15, 0.2) is 84.0 Å². The van der Waals surface area contributed by atoms with Gasteiger partial charge >= 0.3 is 0 Å². The van der Waals surface area contributed by atoms with Gasteiger partial charge in [0.1, 0.15) is 18.1 Å². The Balaban J connectivity index is 1.45. The number of hydrogen-bond donors (Lipinski definition) is 1. The molecule has 0 aliphatic heterocycles. The van der Waals surface area contributed by atoms with E-state index in [1.165, 1.54) is 12.5 Å².